The molecule has 1 heterocycles. The van der Waals surface area contributed by atoms with Crippen LogP contribution in [0.25, 0.3) is 0 Å². The van der Waals surface area contributed by atoms with E-state index in [1.165, 1.54) is 18.7 Å². The van der Waals surface area contributed by atoms with Crippen LogP contribution in [0.3, 0.4) is 0 Å². The number of Topliss-reactive ketones (excluding diaryl/α,β-unsaturated/α-hetero) is 1. The van der Waals surface area contributed by atoms with E-state index < -0.39 is 0 Å². The molecule has 1 rings (SSSR count). The number of aromatic nitrogens is 3. The molecule has 0 saturated carbocycles. The van der Waals surface area contributed by atoms with Crippen molar-refractivity contribution in [3.63, 3.8) is 0 Å². The van der Waals surface area contributed by atoms with Crippen molar-refractivity contribution in [3.05, 3.63) is 0 Å². The number of carbonyl (C=O) groups is 1. The SMILES string of the molecule is CC(=O)C(C)Sc1n[nH]c(N)n1. The first-order chi connectivity index (χ1) is 5.59. The third kappa shape index (κ3) is 2.23. The maximum absolute atomic E-state index is 10.8. The van der Waals surface area contributed by atoms with Crippen LogP contribution in [-0.4, -0.2) is 26.2 Å². The number of aromatic amines is 1. The van der Waals surface area contributed by atoms with Crippen molar-refractivity contribution < 1.29 is 4.79 Å². The summed E-state index contributed by atoms with van der Waals surface area (Å²) in [5, 5.41) is 6.67. The van der Waals surface area contributed by atoms with Crippen LogP contribution in [0.1, 0.15) is 13.8 Å². The van der Waals surface area contributed by atoms with Gasteiger partial charge in [-0.15, -0.1) is 5.10 Å². The summed E-state index contributed by atoms with van der Waals surface area (Å²) in [6.45, 7) is 3.34. The van der Waals surface area contributed by atoms with Gasteiger partial charge < -0.3 is 5.73 Å². The Hall–Kier alpha value is -1.04. The fourth-order valence-electron chi connectivity index (χ4n) is 0.552. The highest BCUT2D eigenvalue weighted by molar-refractivity contribution is 8.00. The minimum absolute atomic E-state index is 0.100. The van der Waals surface area contributed by atoms with E-state index in [0.717, 1.165) is 0 Å². The maximum atomic E-state index is 10.8. The highest BCUT2D eigenvalue weighted by Gasteiger charge is 2.11. The lowest BCUT2D eigenvalue weighted by Crippen LogP contribution is -2.08. The lowest BCUT2D eigenvalue weighted by atomic mass is 10.3. The normalized spacial score (nSPS) is 12.8. The number of hydrogen-bond donors (Lipinski definition) is 2. The molecule has 0 aliphatic rings. The van der Waals surface area contributed by atoms with E-state index >= 15 is 0 Å². The van der Waals surface area contributed by atoms with Crippen LogP contribution in [-0.2, 0) is 4.79 Å². The Balaban J connectivity index is 2.58. The van der Waals surface area contributed by atoms with Crippen LogP contribution >= 0.6 is 11.8 Å². The van der Waals surface area contributed by atoms with Crippen molar-refractivity contribution in [1.29, 1.82) is 0 Å². The highest BCUT2D eigenvalue weighted by atomic mass is 32.2. The number of carbonyl (C=O) groups excluding carboxylic acids is 1. The minimum Gasteiger partial charge on any atom is -0.368 e. The molecule has 1 aromatic rings. The molecule has 66 valence electrons. The minimum atomic E-state index is -0.125. The third-order valence-electron chi connectivity index (χ3n) is 1.34. The first kappa shape index (κ1) is 9.05. The predicted molar refractivity (Wildman–Crippen MR) is 46.8 cm³/mol. The number of ketones is 1. The van der Waals surface area contributed by atoms with Gasteiger partial charge in [-0.05, 0) is 13.8 Å². The quantitative estimate of drug-likeness (QED) is 0.670. The van der Waals surface area contributed by atoms with Gasteiger partial charge in [0.1, 0.15) is 5.78 Å². The number of rotatable bonds is 3. The Morgan fingerprint density at radius 1 is 1.75 bits per heavy atom. The molecule has 0 fully saturated rings. The summed E-state index contributed by atoms with van der Waals surface area (Å²) < 4.78 is 0. The molecule has 0 bridgehead atoms. The average Bonchev–Trinajstić information content (AvgIpc) is 2.35. The topological polar surface area (TPSA) is 84.7 Å². The highest BCUT2D eigenvalue weighted by Crippen LogP contribution is 2.19. The number of hydrogen-bond acceptors (Lipinski definition) is 5. The first-order valence-electron chi connectivity index (χ1n) is 3.44. The zero-order valence-corrected chi connectivity index (χ0v) is 7.68. The second kappa shape index (κ2) is 3.57. The third-order valence-corrected chi connectivity index (χ3v) is 2.42. The second-order valence-electron chi connectivity index (χ2n) is 2.37. The number of H-pyrrole nitrogens is 1. The van der Waals surface area contributed by atoms with Gasteiger partial charge in [-0.25, -0.2) is 5.10 Å². The second-order valence-corrected chi connectivity index (χ2v) is 3.68. The number of thioether (sulfide) groups is 1. The lowest BCUT2D eigenvalue weighted by Gasteiger charge is -2.01. The van der Waals surface area contributed by atoms with Gasteiger partial charge in [0.05, 0.1) is 5.25 Å². The maximum Gasteiger partial charge on any atom is 0.216 e. The summed E-state index contributed by atoms with van der Waals surface area (Å²) in [7, 11) is 0. The number of nitrogens with one attached hydrogen (secondary N) is 1. The Kier molecular flexibility index (Phi) is 2.69. The number of anilines is 1. The van der Waals surface area contributed by atoms with E-state index in [0.29, 0.717) is 5.16 Å². The van der Waals surface area contributed by atoms with E-state index in [2.05, 4.69) is 15.2 Å². The molecule has 0 amide bonds. The van der Waals surface area contributed by atoms with Gasteiger partial charge in [0.15, 0.2) is 0 Å². The van der Waals surface area contributed by atoms with Gasteiger partial charge in [-0.3, -0.25) is 4.79 Å². The smallest absolute Gasteiger partial charge is 0.216 e. The van der Waals surface area contributed by atoms with Crippen LogP contribution < -0.4 is 5.73 Å². The van der Waals surface area contributed by atoms with E-state index in [9.17, 15) is 4.79 Å². The lowest BCUT2D eigenvalue weighted by molar-refractivity contribution is -0.116. The summed E-state index contributed by atoms with van der Waals surface area (Å²) in [5.41, 5.74) is 5.30. The molecule has 0 aromatic carbocycles. The zero-order chi connectivity index (χ0) is 9.14. The Bertz CT molecular complexity index is 285. The largest absolute Gasteiger partial charge is 0.368 e. The van der Waals surface area contributed by atoms with Crippen LogP contribution in [0.15, 0.2) is 5.16 Å². The molecule has 5 nitrogen and oxygen atoms in total. The van der Waals surface area contributed by atoms with Gasteiger partial charge in [0.2, 0.25) is 11.1 Å². The predicted octanol–water partition coefficient (Wildman–Crippen LogP) is 0.457. The van der Waals surface area contributed by atoms with E-state index in [-0.39, 0.29) is 17.0 Å². The molecule has 0 saturated heterocycles. The summed E-state index contributed by atoms with van der Waals surface area (Å²) in [4.78, 5) is 14.7. The summed E-state index contributed by atoms with van der Waals surface area (Å²) >= 11 is 1.29. The monoisotopic (exact) mass is 186 g/mol. The zero-order valence-electron chi connectivity index (χ0n) is 6.87. The van der Waals surface area contributed by atoms with Crippen molar-refractivity contribution in [2.75, 3.05) is 5.73 Å². The molecule has 0 aliphatic carbocycles. The molecular formula is C6H10N4OS. The van der Waals surface area contributed by atoms with E-state index in [4.69, 9.17) is 5.73 Å². The van der Waals surface area contributed by atoms with Crippen molar-refractivity contribution in [2.45, 2.75) is 24.3 Å². The molecule has 6 heteroatoms. The molecular weight excluding hydrogens is 176 g/mol. The number of nitrogen functional groups attached to an aromatic ring is 1. The van der Waals surface area contributed by atoms with Gasteiger partial charge in [-0.2, -0.15) is 4.98 Å². The molecule has 12 heavy (non-hydrogen) atoms. The van der Waals surface area contributed by atoms with Crippen molar-refractivity contribution in [2.24, 2.45) is 0 Å². The van der Waals surface area contributed by atoms with Gasteiger partial charge in [0, 0.05) is 0 Å². The molecule has 1 unspecified atom stereocenters. The van der Waals surface area contributed by atoms with Crippen LogP contribution in [0.5, 0.6) is 0 Å². The average molecular weight is 186 g/mol. The molecule has 0 radical (unpaired) electrons. The van der Waals surface area contributed by atoms with Crippen LogP contribution in [0.2, 0.25) is 0 Å². The van der Waals surface area contributed by atoms with Crippen molar-refractivity contribution >= 4 is 23.5 Å². The molecule has 3 N–H and O–H groups in total. The van der Waals surface area contributed by atoms with Crippen molar-refractivity contribution in [1.82, 2.24) is 15.2 Å². The van der Waals surface area contributed by atoms with Gasteiger partial charge in [0.25, 0.3) is 0 Å². The fraction of sp³-hybridized carbons (Fsp3) is 0.500. The molecule has 1 aromatic heterocycles. The van der Waals surface area contributed by atoms with E-state index in [1.807, 2.05) is 0 Å². The number of nitrogens with zero attached hydrogens (tertiary/aromatic N) is 2. The summed E-state index contributed by atoms with van der Waals surface area (Å²) in [5.74, 6) is 0.372. The standard InChI is InChI=1S/C6H10N4OS/c1-3(11)4(2)12-6-8-5(7)9-10-6/h4H,1-2H3,(H3,7,8,9,10). The number of nitrogens with two attached hydrogens (primary N) is 1. The van der Waals surface area contributed by atoms with Gasteiger partial charge >= 0.3 is 0 Å². The van der Waals surface area contributed by atoms with Gasteiger partial charge in [-0.1, -0.05) is 11.8 Å². The Labute approximate surface area is 74.1 Å². The fourth-order valence-corrected chi connectivity index (χ4v) is 1.28. The molecule has 0 aliphatic heterocycles. The van der Waals surface area contributed by atoms with Crippen LogP contribution in [0.4, 0.5) is 5.95 Å². The Morgan fingerprint density at radius 2 is 2.42 bits per heavy atom. The summed E-state index contributed by atoms with van der Waals surface area (Å²) in [6.07, 6.45) is 0. The molecule has 1 atom stereocenters. The van der Waals surface area contributed by atoms with Crippen LogP contribution in [0, 0.1) is 0 Å². The first-order valence-corrected chi connectivity index (χ1v) is 4.32. The van der Waals surface area contributed by atoms with Crippen molar-refractivity contribution in [3.8, 4) is 0 Å². The van der Waals surface area contributed by atoms with E-state index in [1.54, 1.807) is 6.92 Å². The molecule has 0 spiro atoms. The summed E-state index contributed by atoms with van der Waals surface area (Å²) in [6, 6.07) is 0. The Morgan fingerprint density at radius 3 is 2.83 bits per heavy atom.